The fourth-order valence-electron chi connectivity index (χ4n) is 3.80. The summed E-state index contributed by atoms with van der Waals surface area (Å²) in [4.78, 5) is 28.7. The van der Waals surface area contributed by atoms with Crippen LogP contribution < -0.4 is 5.73 Å². The van der Waals surface area contributed by atoms with Crippen LogP contribution in [-0.2, 0) is 9.59 Å². The summed E-state index contributed by atoms with van der Waals surface area (Å²) in [5.74, 6) is -2.42. The van der Waals surface area contributed by atoms with Crippen LogP contribution in [0.5, 0.6) is 0 Å². The third kappa shape index (κ3) is 5.67. The number of hydrogen-bond donors (Lipinski definition) is 1. The standard InChI is InChI=1S/C20H27F2N3O2S/c21-20(22)9-8-18(26)24(14-20)12-15(23)11-19(27)25-10-4-5-16(25)13-28-17-6-2-1-3-7-17/h1-3,6-7,15-16H,4-5,8-14,23H2/t15-,16-/m0/s1. The van der Waals surface area contributed by atoms with E-state index < -0.39 is 24.9 Å². The van der Waals surface area contributed by atoms with Crippen molar-refractivity contribution in [1.29, 1.82) is 0 Å². The summed E-state index contributed by atoms with van der Waals surface area (Å²) in [5, 5.41) is 0. The van der Waals surface area contributed by atoms with Crippen LogP contribution in [0.25, 0.3) is 0 Å². The SMILES string of the molecule is N[C@@H](CC(=O)N1CCC[C@H]1CSc1ccccc1)CN1CC(F)(F)CCC1=O. The Bertz CT molecular complexity index is 689. The minimum atomic E-state index is -2.87. The number of nitrogens with two attached hydrogens (primary N) is 1. The molecule has 0 saturated carbocycles. The highest BCUT2D eigenvalue weighted by atomic mass is 32.2. The van der Waals surface area contributed by atoms with Crippen molar-refractivity contribution < 1.29 is 18.4 Å². The first-order chi connectivity index (χ1) is 13.3. The van der Waals surface area contributed by atoms with Gasteiger partial charge in [0.25, 0.3) is 5.92 Å². The molecule has 0 aliphatic carbocycles. The molecule has 0 radical (unpaired) electrons. The number of amides is 2. The average Bonchev–Trinajstić information content (AvgIpc) is 3.12. The van der Waals surface area contributed by atoms with E-state index in [9.17, 15) is 18.4 Å². The number of piperidine rings is 1. The van der Waals surface area contributed by atoms with Gasteiger partial charge in [-0.2, -0.15) is 0 Å². The van der Waals surface area contributed by atoms with Gasteiger partial charge in [-0.3, -0.25) is 9.59 Å². The third-order valence-electron chi connectivity index (χ3n) is 5.25. The number of benzene rings is 1. The van der Waals surface area contributed by atoms with Crippen molar-refractivity contribution in [3.63, 3.8) is 0 Å². The molecule has 2 aliphatic rings. The molecule has 5 nitrogen and oxygen atoms in total. The number of alkyl halides is 2. The topological polar surface area (TPSA) is 66.6 Å². The molecule has 2 atom stereocenters. The number of hydrogen-bond acceptors (Lipinski definition) is 4. The molecule has 2 fully saturated rings. The lowest BCUT2D eigenvalue weighted by Gasteiger charge is -2.34. The molecule has 2 amide bonds. The van der Waals surface area contributed by atoms with Crippen LogP contribution in [0.1, 0.15) is 32.1 Å². The van der Waals surface area contributed by atoms with Crippen LogP contribution in [0.4, 0.5) is 8.78 Å². The molecule has 0 aromatic heterocycles. The molecule has 1 aromatic carbocycles. The quantitative estimate of drug-likeness (QED) is 0.701. The predicted octanol–water partition coefficient (Wildman–Crippen LogP) is 2.74. The van der Waals surface area contributed by atoms with E-state index in [0.29, 0.717) is 6.54 Å². The molecule has 3 rings (SSSR count). The van der Waals surface area contributed by atoms with Gasteiger partial charge in [0.1, 0.15) is 0 Å². The molecule has 1 aromatic rings. The maximum absolute atomic E-state index is 13.6. The Morgan fingerprint density at radius 1 is 1.32 bits per heavy atom. The van der Waals surface area contributed by atoms with E-state index in [1.807, 2.05) is 35.2 Å². The molecule has 0 spiro atoms. The Labute approximate surface area is 168 Å². The van der Waals surface area contributed by atoms with Gasteiger partial charge in [-0.05, 0) is 25.0 Å². The molecule has 28 heavy (non-hydrogen) atoms. The minimum Gasteiger partial charge on any atom is -0.339 e. The van der Waals surface area contributed by atoms with Crippen LogP contribution in [-0.4, -0.2) is 65.0 Å². The Morgan fingerprint density at radius 2 is 2.07 bits per heavy atom. The summed E-state index contributed by atoms with van der Waals surface area (Å²) >= 11 is 1.72. The largest absolute Gasteiger partial charge is 0.339 e. The van der Waals surface area contributed by atoms with Gasteiger partial charge in [-0.1, -0.05) is 18.2 Å². The van der Waals surface area contributed by atoms with Crippen LogP contribution in [0.2, 0.25) is 0 Å². The van der Waals surface area contributed by atoms with E-state index in [2.05, 4.69) is 0 Å². The van der Waals surface area contributed by atoms with E-state index >= 15 is 0 Å². The van der Waals surface area contributed by atoms with Gasteiger partial charge in [0.2, 0.25) is 11.8 Å². The van der Waals surface area contributed by atoms with E-state index in [1.54, 1.807) is 11.8 Å². The summed E-state index contributed by atoms with van der Waals surface area (Å²) < 4.78 is 27.1. The van der Waals surface area contributed by atoms with Crippen molar-refractivity contribution in [2.24, 2.45) is 5.73 Å². The van der Waals surface area contributed by atoms with Gasteiger partial charge in [0.15, 0.2) is 0 Å². The van der Waals surface area contributed by atoms with E-state index in [4.69, 9.17) is 5.73 Å². The Morgan fingerprint density at radius 3 is 2.82 bits per heavy atom. The van der Waals surface area contributed by atoms with Crippen LogP contribution >= 0.6 is 11.8 Å². The maximum Gasteiger partial charge on any atom is 0.265 e. The number of carbonyl (C=O) groups is 2. The maximum atomic E-state index is 13.6. The number of thioether (sulfide) groups is 1. The van der Waals surface area contributed by atoms with Crippen molar-refractivity contribution in [1.82, 2.24) is 9.80 Å². The Hall–Kier alpha value is -1.67. The predicted molar refractivity (Wildman–Crippen MR) is 105 cm³/mol. The highest BCUT2D eigenvalue weighted by molar-refractivity contribution is 7.99. The highest BCUT2D eigenvalue weighted by Crippen LogP contribution is 2.28. The molecule has 2 saturated heterocycles. The van der Waals surface area contributed by atoms with Gasteiger partial charge >= 0.3 is 0 Å². The Kier molecular flexibility index (Phi) is 6.93. The van der Waals surface area contributed by atoms with Crippen molar-refractivity contribution in [2.75, 3.05) is 25.4 Å². The molecular formula is C20H27F2N3O2S. The van der Waals surface area contributed by atoms with Crippen LogP contribution in [0.15, 0.2) is 35.2 Å². The second kappa shape index (κ2) is 9.22. The summed E-state index contributed by atoms with van der Waals surface area (Å²) in [6.07, 6.45) is 1.40. The Balaban J connectivity index is 1.49. The van der Waals surface area contributed by atoms with E-state index in [1.165, 1.54) is 4.90 Å². The number of halogens is 2. The molecule has 2 aliphatic heterocycles. The smallest absolute Gasteiger partial charge is 0.265 e. The second-order valence-corrected chi connectivity index (χ2v) is 8.70. The summed E-state index contributed by atoms with van der Waals surface area (Å²) in [7, 11) is 0. The zero-order chi connectivity index (χ0) is 20.1. The van der Waals surface area contributed by atoms with Crippen molar-refractivity contribution >= 4 is 23.6 Å². The van der Waals surface area contributed by atoms with Gasteiger partial charge in [0.05, 0.1) is 6.54 Å². The second-order valence-electron chi connectivity index (χ2n) is 7.60. The van der Waals surface area contributed by atoms with E-state index in [-0.39, 0.29) is 37.2 Å². The fraction of sp³-hybridized carbons (Fsp3) is 0.600. The lowest BCUT2D eigenvalue weighted by Crippen LogP contribution is -2.51. The number of carbonyl (C=O) groups excluding carboxylic acids is 2. The fourth-order valence-corrected chi connectivity index (χ4v) is 4.88. The van der Waals surface area contributed by atoms with Crippen LogP contribution in [0.3, 0.4) is 0 Å². The van der Waals surface area contributed by atoms with Gasteiger partial charge < -0.3 is 15.5 Å². The summed E-state index contributed by atoms with van der Waals surface area (Å²) in [6, 6.07) is 9.58. The lowest BCUT2D eigenvalue weighted by atomic mass is 10.0. The summed E-state index contributed by atoms with van der Waals surface area (Å²) in [6.45, 7) is 0.0947. The highest BCUT2D eigenvalue weighted by Gasteiger charge is 2.39. The van der Waals surface area contributed by atoms with Gasteiger partial charge in [-0.25, -0.2) is 8.78 Å². The number of rotatable bonds is 7. The van der Waals surface area contributed by atoms with Crippen LogP contribution in [0, 0.1) is 0 Å². The van der Waals surface area contributed by atoms with Crippen molar-refractivity contribution in [2.45, 2.75) is 55.0 Å². The molecule has 8 heteroatoms. The average molecular weight is 412 g/mol. The lowest BCUT2D eigenvalue weighted by molar-refractivity contribution is -0.148. The molecule has 154 valence electrons. The normalized spacial score (nSPS) is 23.1. The first kappa shape index (κ1) is 21.0. The molecule has 2 N–H and O–H groups in total. The molecular weight excluding hydrogens is 384 g/mol. The molecule has 0 unspecified atom stereocenters. The minimum absolute atomic E-state index is 0.00254. The monoisotopic (exact) mass is 411 g/mol. The van der Waals surface area contributed by atoms with Gasteiger partial charge in [0, 0.05) is 55.1 Å². The molecule has 2 heterocycles. The van der Waals surface area contributed by atoms with E-state index in [0.717, 1.165) is 23.5 Å². The number of nitrogens with zero attached hydrogens (tertiary/aromatic N) is 2. The third-order valence-corrected chi connectivity index (χ3v) is 6.41. The first-order valence-corrected chi connectivity index (χ1v) is 10.7. The van der Waals surface area contributed by atoms with Crippen molar-refractivity contribution in [3.8, 4) is 0 Å². The van der Waals surface area contributed by atoms with Gasteiger partial charge in [-0.15, -0.1) is 11.8 Å². The summed E-state index contributed by atoms with van der Waals surface area (Å²) in [5.41, 5.74) is 6.04. The van der Waals surface area contributed by atoms with Crippen molar-refractivity contribution in [3.05, 3.63) is 30.3 Å². The zero-order valence-electron chi connectivity index (χ0n) is 15.9. The molecule has 0 bridgehead atoms. The zero-order valence-corrected chi connectivity index (χ0v) is 16.7. The first-order valence-electron chi connectivity index (χ1n) is 9.72. The number of likely N-dealkylation sites (tertiary alicyclic amines) is 2.